The van der Waals surface area contributed by atoms with Crippen molar-refractivity contribution in [1.29, 1.82) is 5.26 Å². The van der Waals surface area contributed by atoms with E-state index in [4.69, 9.17) is 11.6 Å². The molecule has 23 heavy (non-hydrogen) atoms. The number of nitriles is 1. The average molecular weight is 385 g/mol. The summed E-state index contributed by atoms with van der Waals surface area (Å²) in [5, 5.41) is 11.1. The molecule has 2 aromatic heterocycles. The molecule has 0 saturated carbocycles. The second kappa shape index (κ2) is 5.05. The Labute approximate surface area is 143 Å². The summed E-state index contributed by atoms with van der Waals surface area (Å²) >= 11 is 9.60. The van der Waals surface area contributed by atoms with E-state index in [0.29, 0.717) is 38.0 Å². The zero-order valence-electron chi connectivity index (χ0n) is 11.5. The van der Waals surface area contributed by atoms with Gasteiger partial charge in [0.2, 0.25) is 0 Å². The van der Waals surface area contributed by atoms with Crippen LogP contribution in [0.5, 0.6) is 0 Å². The monoisotopic (exact) mass is 383 g/mol. The van der Waals surface area contributed by atoms with Gasteiger partial charge in [-0.25, -0.2) is 4.98 Å². The van der Waals surface area contributed by atoms with Crippen LogP contribution in [0.3, 0.4) is 0 Å². The summed E-state index contributed by atoms with van der Waals surface area (Å²) in [4.78, 5) is 17.5. The fourth-order valence-electron chi connectivity index (χ4n) is 2.72. The van der Waals surface area contributed by atoms with Crippen molar-refractivity contribution >= 4 is 55.0 Å². The minimum atomic E-state index is -0.226. The molecule has 0 fully saturated rings. The van der Waals surface area contributed by atoms with Crippen molar-refractivity contribution in [3.8, 4) is 6.07 Å². The van der Waals surface area contributed by atoms with Gasteiger partial charge in [-0.15, -0.1) is 0 Å². The Bertz CT molecular complexity index is 1220. The Kier molecular flexibility index (Phi) is 3.12. The van der Waals surface area contributed by atoms with Gasteiger partial charge < -0.3 is 0 Å². The number of halogens is 2. The summed E-state index contributed by atoms with van der Waals surface area (Å²) in [6, 6.07) is 14.4. The second-order valence-corrected chi connectivity index (χ2v) is 6.40. The molecule has 0 bridgehead atoms. The summed E-state index contributed by atoms with van der Waals surface area (Å²) in [5.41, 5.74) is 1.60. The van der Waals surface area contributed by atoms with Gasteiger partial charge in [-0.1, -0.05) is 33.6 Å². The first-order valence-electron chi connectivity index (χ1n) is 6.73. The first kappa shape index (κ1) is 14.2. The van der Waals surface area contributed by atoms with Crippen LogP contribution in [0, 0.1) is 11.3 Å². The third kappa shape index (κ3) is 2.03. The van der Waals surface area contributed by atoms with Crippen molar-refractivity contribution in [2.24, 2.45) is 0 Å². The van der Waals surface area contributed by atoms with E-state index in [2.05, 4.69) is 27.0 Å². The molecule has 0 radical (unpaired) electrons. The van der Waals surface area contributed by atoms with Crippen LogP contribution in [0.2, 0.25) is 5.02 Å². The minimum Gasteiger partial charge on any atom is -0.268 e. The Morgan fingerprint density at radius 3 is 2.78 bits per heavy atom. The maximum atomic E-state index is 13.0. The molecule has 110 valence electrons. The first-order chi connectivity index (χ1) is 11.1. The molecule has 0 saturated heterocycles. The van der Waals surface area contributed by atoms with E-state index >= 15 is 0 Å². The molecule has 2 heterocycles. The standard InChI is InChI=1S/C17H7BrClN3O/c18-10-4-5-14-12(7-10)17(23)22-15-3-1-2-13(19)11(15)6-9(8-20)16(22)21-14/h1-7H. The van der Waals surface area contributed by atoms with Gasteiger partial charge in [0, 0.05) is 14.9 Å². The first-order valence-corrected chi connectivity index (χ1v) is 7.90. The SMILES string of the molecule is N#Cc1cc2c(Cl)cccc2n2c(=O)c3cc(Br)ccc3nc12. The van der Waals surface area contributed by atoms with Crippen LogP contribution in [-0.4, -0.2) is 9.38 Å². The van der Waals surface area contributed by atoms with Gasteiger partial charge in [0.15, 0.2) is 5.65 Å². The fraction of sp³-hybridized carbons (Fsp3) is 0. The maximum Gasteiger partial charge on any atom is 0.266 e. The van der Waals surface area contributed by atoms with E-state index in [1.165, 1.54) is 4.40 Å². The molecule has 0 atom stereocenters. The van der Waals surface area contributed by atoms with Crippen molar-refractivity contribution in [3.05, 3.63) is 67.9 Å². The molecular formula is C17H7BrClN3O. The predicted molar refractivity (Wildman–Crippen MR) is 93.9 cm³/mol. The number of rotatable bonds is 0. The van der Waals surface area contributed by atoms with Crippen LogP contribution < -0.4 is 5.56 Å². The van der Waals surface area contributed by atoms with Gasteiger partial charge in [0.05, 0.1) is 22.0 Å². The largest absolute Gasteiger partial charge is 0.268 e. The zero-order valence-corrected chi connectivity index (χ0v) is 13.9. The molecule has 4 rings (SSSR count). The van der Waals surface area contributed by atoms with Gasteiger partial charge in [0.1, 0.15) is 6.07 Å². The van der Waals surface area contributed by atoms with Crippen molar-refractivity contribution in [1.82, 2.24) is 9.38 Å². The van der Waals surface area contributed by atoms with Crippen molar-refractivity contribution in [2.75, 3.05) is 0 Å². The van der Waals surface area contributed by atoms with Gasteiger partial charge in [0.25, 0.3) is 5.56 Å². The lowest BCUT2D eigenvalue weighted by Crippen LogP contribution is -2.17. The van der Waals surface area contributed by atoms with Gasteiger partial charge in [-0.05, 0) is 36.4 Å². The Hall–Kier alpha value is -2.42. The number of nitrogens with zero attached hydrogens (tertiary/aromatic N) is 3. The molecule has 0 amide bonds. The fourth-order valence-corrected chi connectivity index (χ4v) is 3.30. The van der Waals surface area contributed by atoms with E-state index < -0.39 is 0 Å². The Morgan fingerprint density at radius 2 is 2.00 bits per heavy atom. The Balaban J connectivity index is 2.39. The zero-order chi connectivity index (χ0) is 16.1. The van der Waals surface area contributed by atoms with Gasteiger partial charge in [-0.2, -0.15) is 5.26 Å². The molecule has 4 aromatic rings. The van der Waals surface area contributed by atoms with Gasteiger partial charge >= 0.3 is 0 Å². The van der Waals surface area contributed by atoms with Gasteiger partial charge in [-0.3, -0.25) is 9.20 Å². The number of aromatic nitrogens is 2. The van der Waals surface area contributed by atoms with E-state index in [-0.39, 0.29) is 5.56 Å². The third-order valence-electron chi connectivity index (χ3n) is 3.75. The molecule has 4 nitrogen and oxygen atoms in total. The van der Waals surface area contributed by atoms with Crippen LogP contribution in [0.15, 0.2) is 51.7 Å². The highest BCUT2D eigenvalue weighted by Crippen LogP contribution is 2.26. The van der Waals surface area contributed by atoms with Crippen LogP contribution in [0.1, 0.15) is 5.56 Å². The van der Waals surface area contributed by atoms with Crippen molar-refractivity contribution in [3.63, 3.8) is 0 Å². The molecule has 0 unspecified atom stereocenters. The molecular weight excluding hydrogens is 378 g/mol. The van der Waals surface area contributed by atoms with Crippen LogP contribution in [0.4, 0.5) is 0 Å². The summed E-state index contributed by atoms with van der Waals surface area (Å²) in [6.45, 7) is 0. The molecule has 2 aromatic carbocycles. The van der Waals surface area contributed by atoms with E-state index in [1.54, 1.807) is 36.4 Å². The van der Waals surface area contributed by atoms with Crippen LogP contribution in [0.25, 0.3) is 27.5 Å². The molecule has 0 aliphatic rings. The lowest BCUT2D eigenvalue weighted by Gasteiger charge is -2.10. The average Bonchev–Trinajstić information content (AvgIpc) is 2.55. The summed E-state index contributed by atoms with van der Waals surface area (Å²) in [6.07, 6.45) is 0. The molecule has 6 heteroatoms. The van der Waals surface area contributed by atoms with E-state index in [1.807, 2.05) is 6.07 Å². The van der Waals surface area contributed by atoms with E-state index in [0.717, 1.165) is 4.47 Å². The predicted octanol–water partition coefficient (Wildman–Crippen LogP) is 4.29. The van der Waals surface area contributed by atoms with Crippen molar-refractivity contribution < 1.29 is 0 Å². The Morgan fingerprint density at radius 1 is 1.17 bits per heavy atom. The normalized spacial score (nSPS) is 11.2. The third-order valence-corrected chi connectivity index (χ3v) is 4.57. The quantitative estimate of drug-likeness (QED) is 0.336. The molecule has 0 N–H and O–H groups in total. The smallest absolute Gasteiger partial charge is 0.266 e. The topological polar surface area (TPSA) is 58.2 Å². The number of fused-ring (bicyclic) bond motifs is 4. The second-order valence-electron chi connectivity index (χ2n) is 5.08. The lowest BCUT2D eigenvalue weighted by atomic mass is 10.1. The summed E-state index contributed by atoms with van der Waals surface area (Å²) in [5.74, 6) is 0. The molecule has 0 aliphatic heterocycles. The minimum absolute atomic E-state index is 0.226. The maximum absolute atomic E-state index is 13.0. The highest BCUT2D eigenvalue weighted by atomic mass is 79.9. The summed E-state index contributed by atoms with van der Waals surface area (Å²) in [7, 11) is 0. The number of hydrogen-bond donors (Lipinski definition) is 0. The lowest BCUT2D eigenvalue weighted by molar-refractivity contribution is 1.12. The molecule has 0 aliphatic carbocycles. The van der Waals surface area contributed by atoms with Crippen LogP contribution in [-0.2, 0) is 0 Å². The highest BCUT2D eigenvalue weighted by Gasteiger charge is 2.14. The van der Waals surface area contributed by atoms with Crippen molar-refractivity contribution in [2.45, 2.75) is 0 Å². The summed E-state index contributed by atoms with van der Waals surface area (Å²) < 4.78 is 2.25. The number of hydrogen-bond acceptors (Lipinski definition) is 3. The van der Waals surface area contributed by atoms with Crippen LogP contribution >= 0.6 is 27.5 Å². The molecule has 0 spiro atoms. The number of benzene rings is 2. The number of pyridine rings is 1. The highest BCUT2D eigenvalue weighted by molar-refractivity contribution is 9.10. The van der Waals surface area contributed by atoms with E-state index in [9.17, 15) is 10.1 Å².